The minimum atomic E-state index is -0.661. The van der Waals surface area contributed by atoms with E-state index in [0.29, 0.717) is 6.42 Å². The second-order valence-electron chi connectivity index (χ2n) is 5.64. The molecule has 1 saturated carbocycles. The van der Waals surface area contributed by atoms with Crippen LogP contribution in [0.5, 0.6) is 5.75 Å². The molecule has 1 aliphatic carbocycles. The van der Waals surface area contributed by atoms with Gasteiger partial charge in [0, 0.05) is 0 Å². The number of carbonyl (C=O) groups is 1. The zero-order chi connectivity index (χ0) is 14.4. The third-order valence-electron chi connectivity index (χ3n) is 3.58. The third-order valence-corrected chi connectivity index (χ3v) is 4.98. The summed E-state index contributed by atoms with van der Waals surface area (Å²) in [5.41, 5.74) is 1.31. The molecule has 110 valence electrons. The van der Waals surface area contributed by atoms with Gasteiger partial charge in [-0.25, -0.2) is 0 Å². The minimum Gasteiger partial charge on any atom is -0.494 e. The largest absolute Gasteiger partial charge is 0.494 e. The number of thioether (sulfide) groups is 1. The molecule has 1 aromatic rings. The van der Waals surface area contributed by atoms with Crippen molar-refractivity contribution in [2.45, 2.75) is 32.6 Å². The van der Waals surface area contributed by atoms with Crippen LogP contribution >= 0.6 is 11.8 Å². The van der Waals surface area contributed by atoms with E-state index in [1.165, 1.54) is 5.56 Å². The van der Waals surface area contributed by atoms with Gasteiger partial charge in [0.2, 0.25) is 0 Å². The van der Waals surface area contributed by atoms with Gasteiger partial charge in [-0.05, 0) is 60.8 Å². The molecule has 3 nitrogen and oxygen atoms in total. The van der Waals surface area contributed by atoms with Crippen molar-refractivity contribution in [3.8, 4) is 5.75 Å². The van der Waals surface area contributed by atoms with Crippen molar-refractivity contribution in [3.05, 3.63) is 29.8 Å². The van der Waals surface area contributed by atoms with Gasteiger partial charge in [0.15, 0.2) is 0 Å². The Labute approximate surface area is 124 Å². The van der Waals surface area contributed by atoms with Gasteiger partial charge in [0.05, 0.1) is 13.0 Å². The van der Waals surface area contributed by atoms with Gasteiger partial charge in [-0.2, -0.15) is 11.8 Å². The molecule has 0 unspecified atom stereocenters. The fraction of sp³-hybridized carbons (Fsp3) is 0.562. The Bertz CT molecular complexity index is 455. The van der Waals surface area contributed by atoms with Gasteiger partial charge in [-0.3, -0.25) is 4.79 Å². The molecular formula is C16H22O3S. The summed E-state index contributed by atoms with van der Waals surface area (Å²) in [6, 6.07) is 8.08. The molecule has 0 amide bonds. The summed E-state index contributed by atoms with van der Waals surface area (Å²) in [4.78, 5) is 10.7. The zero-order valence-corrected chi connectivity index (χ0v) is 12.7. The summed E-state index contributed by atoms with van der Waals surface area (Å²) in [6.45, 7) is 2.78. The van der Waals surface area contributed by atoms with Crippen LogP contribution in [0.15, 0.2) is 24.3 Å². The fourth-order valence-electron chi connectivity index (χ4n) is 2.21. The van der Waals surface area contributed by atoms with Crippen LogP contribution in [0, 0.1) is 12.3 Å². The Morgan fingerprint density at radius 1 is 1.45 bits per heavy atom. The van der Waals surface area contributed by atoms with Gasteiger partial charge in [-0.1, -0.05) is 12.1 Å². The molecule has 0 bridgehead atoms. The SMILES string of the molecule is Cc1cccc(OCCCSCC2(CC(=O)O)CC2)c1. The number of benzene rings is 1. The molecule has 0 atom stereocenters. The van der Waals surface area contributed by atoms with Crippen LogP contribution in [0.2, 0.25) is 0 Å². The van der Waals surface area contributed by atoms with Crippen LogP contribution in [0.3, 0.4) is 0 Å². The lowest BCUT2D eigenvalue weighted by molar-refractivity contribution is -0.138. The predicted molar refractivity (Wildman–Crippen MR) is 82.5 cm³/mol. The van der Waals surface area contributed by atoms with E-state index in [1.54, 1.807) is 0 Å². The van der Waals surface area contributed by atoms with Gasteiger partial charge < -0.3 is 9.84 Å². The molecule has 4 heteroatoms. The maximum Gasteiger partial charge on any atom is 0.303 e. The fourth-order valence-corrected chi connectivity index (χ4v) is 3.50. The number of hydrogen-bond donors (Lipinski definition) is 1. The van der Waals surface area contributed by atoms with Crippen LogP contribution in [-0.4, -0.2) is 29.2 Å². The lowest BCUT2D eigenvalue weighted by Gasteiger charge is -2.12. The number of aryl methyl sites for hydroxylation is 1. The van der Waals surface area contributed by atoms with Gasteiger partial charge in [0.1, 0.15) is 5.75 Å². The number of carboxylic acid groups (broad SMARTS) is 1. The van der Waals surface area contributed by atoms with E-state index >= 15 is 0 Å². The molecule has 0 spiro atoms. The molecule has 1 N–H and O–H groups in total. The smallest absolute Gasteiger partial charge is 0.303 e. The summed E-state index contributed by atoms with van der Waals surface area (Å²) in [6.07, 6.45) is 3.49. The first kappa shape index (κ1) is 15.2. The topological polar surface area (TPSA) is 46.5 Å². The highest BCUT2D eigenvalue weighted by atomic mass is 32.2. The van der Waals surface area contributed by atoms with Crippen LogP contribution in [0.1, 0.15) is 31.2 Å². The Balaban J connectivity index is 1.55. The molecule has 0 radical (unpaired) electrons. The molecule has 0 saturated heterocycles. The first-order valence-corrected chi connectivity index (χ1v) is 8.24. The average Bonchev–Trinajstić information content (AvgIpc) is 3.13. The molecule has 1 aliphatic rings. The van der Waals surface area contributed by atoms with Gasteiger partial charge in [0.25, 0.3) is 0 Å². The third kappa shape index (κ3) is 5.08. The van der Waals surface area contributed by atoms with Crippen molar-refractivity contribution >= 4 is 17.7 Å². The van der Waals surface area contributed by atoms with Crippen molar-refractivity contribution in [3.63, 3.8) is 0 Å². The van der Waals surface area contributed by atoms with Crippen LogP contribution in [-0.2, 0) is 4.79 Å². The normalized spacial score (nSPS) is 15.8. The highest BCUT2D eigenvalue weighted by Gasteiger charge is 2.43. The first-order chi connectivity index (χ1) is 9.60. The van der Waals surface area contributed by atoms with Crippen LogP contribution in [0.25, 0.3) is 0 Å². The standard InChI is InChI=1S/C16H22O3S/c1-13-4-2-5-14(10-13)19-8-3-9-20-12-16(6-7-16)11-15(17)18/h2,4-5,10H,3,6-9,11-12H2,1H3,(H,17,18). The molecule has 1 fully saturated rings. The molecule has 0 heterocycles. The number of carboxylic acids is 1. The van der Waals surface area contributed by atoms with Crippen molar-refractivity contribution in [1.29, 1.82) is 0 Å². The summed E-state index contributed by atoms with van der Waals surface area (Å²) >= 11 is 1.86. The van der Waals surface area contributed by atoms with E-state index < -0.39 is 5.97 Å². The monoisotopic (exact) mass is 294 g/mol. The Kier molecular flexibility index (Phi) is 5.35. The van der Waals surface area contributed by atoms with E-state index in [9.17, 15) is 4.79 Å². The quantitative estimate of drug-likeness (QED) is 0.705. The second-order valence-corrected chi connectivity index (χ2v) is 6.75. The molecule has 20 heavy (non-hydrogen) atoms. The van der Waals surface area contributed by atoms with Crippen molar-refractivity contribution in [2.75, 3.05) is 18.1 Å². The lowest BCUT2D eigenvalue weighted by Crippen LogP contribution is -2.11. The number of aliphatic carboxylic acids is 1. The Morgan fingerprint density at radius 2 is 2.25 bits per heavy atom. The van der Waals surface area contributed by atoms with E-state index in [0.717, 1.165) is 43.1 Å². The van der Waals surface area contributed by atoms with Crippen molar-refractivity contribution in [2.24, 2.45) is 5.41 Å². The first-order valence-electron chi connectivity index (χ1n) is 7.09. The molecule has 2 rings (SSSR count). The number of rotatable bonds is 9. The summed E-state index contributed by atoms with van der Waals surface area (Å²) in [7, 11) is 0. The number of ether oxygens (including phenoxy) is 1. The van der Waals surface area contributed by atoms with E-state index in [2.05, 4.69) is 13.0 Å². The summed E-state index contributed by atoms with van der Waals surface area (Å²) < 4.78 is 5.69. The molecule has 1 aromatic carbocycles. The predicted octanol–water partition coefficient (Wildman–Crippen LogP) is 3.75. The van der Waals surface area contributed by atoms with Crippen molar-refractivity contribution < 1.29 is 14.6 Å². The zero-order valence-electron chi connectivity index (χ0n) is 11.9. The summed E-state index contributed by atoms with van der Waals surface area (Å²) in [5, 5.41) is 8.85. The lowest BCUT2D eigenvalue weighted by atomic mass is 10.1. The van der Waals surface area contributed by atoms with Crippen LogP contribution in [0.4, 0.5) is 0 Å². The Hall–Kier alpha value is -1.16. The van der Waals surface area contributed by atoms with E-state index in [-0.39, 0.29) is 5.41 Å². The maximum absolute atomic E-state index is 10.7. The van der Waals surface area contributed by atoms with Crippen molar-refractivity contribution in [1.82, 2.24) is 0 Å². The van der Waals surface area contributed by atoms with E-state index in [4.69, 9.17) is 9.84 Å². The molecule has 0 aliphatic heterocycles. The second kappa shape index (κ2) is 7.02. The molecular weight excluding hydrogens is 272 g/mol. The minimum absolute atomic E-state index is 0.105. The highest BCUT2D eigenvalue weighted by Crippen LogP contribution is 2.51. The van der Waals surface area contributed by atoms with Gasteiger partial charge in [-0.15, -0.1) is 0 Å². The maximum atomic E-state index is 10.7. The van der Waals surface area contributed by atoms with Gasteiger partial charge >= 0.3 is 5.97 Å². The summed E-state index contributed by atoms with van der Waals surface area (Å²) in [5.74, 6) is 2.28. The highest BCUT2D eigenvalue weighted by molar-refractivity contribution is 7.99. The molecule has 0 aromatic heterocycles. The van der Waals surface area contributed by atoms with E-state index in [1.807, 2.05) is 30.0 Å². The Morgan fingerprint density at radius 3 is 2.90 bits per heavy atom. The number of hydrogen-bond acceptors (Lipinski definition) is 3. The van der Waals surface area contributed by atoms with Crippen LogP contribution < -0.4 is 4.74 Å². The average molecular weight is 294 g/mol.